The highest BCUT2D eigenvalue weighted by atomic mass is 32.1. The van der Waals surface area contributed by atoms with Crippen molar-refractivity contribution in [2.24, 2.45) is 0 Å². The van der Waals surface area contributed by atoms with E-state index in [1.807, 2.05) is 29.0 Å². The van der Waals surface area contributed by atoms with Crippen molar-refractivity contribution in [3.63, 3.8) is 0 Å². The van der Waals surface area contributed by atoms with Crippen molar-refractivity contribution in [3.8, 4) is 0 Å². The van der Waals surface area contributed by atoms with E-state index in [2.05, 4.69) is 24.4 Å². The lowest BCUT2D eigenvalue weighted by molar-refractivity contribution is 0.473. The van der Waals surface area contributed by atoms with E-state index in [4.69, 9.17) is 0 Å². The smallest absolute Gasteiger partial charge is 0.251 e. The standard InChI is InChI=1S/C17H22N2OS/c1-3-12-7-8-13(21-12)11-19-16-6-4-5-15(18-2)14(16)9-10-17(19)20/h7-10,15,18H,3-6,11H2,1-2H3. The molecule has 0 amide bonds. The van der Waals surface area contributed by atoms with Gasteiger partial charge in [-0.15, -0.1) is 11.3 Å². The molecular weight excluding hydrogens is 280 g/mol. The van der Waals surface area contributed by atoms with E-state index in [9.17, 15) is 4.79 Å². The fraction of sp³-hybridized carbons (Fsp3) is 0.471. The number of aromatic nitrogens is 1. The van der Waals surface area contributed by atoms with Crippen molar-refractivity contribution >= 4 is 11.3 Å². The van der Waals surface area contributed by atoms with Crippen molar-refractivity contribution in [1.82, 2.24) is 9.88 Å². The third-order valence-corrected chi connectivity index (χ3v) is 5.55. The Morgan fingerprint density at radius 2 is 2.10 bits per heavy atom. The molecule has 4 heteroatoms. The lowest BCUT2D eigenvalue weighted by Gasteiger charge is -2.27. The normalized spacial score (nSPS) is 17.7. The Labute approximate surface area is 129 Å². The second-order valence-electron chi connectivity index (χ2n) is 5.61. The van der Waals surface area contributed by atoms with Gasteiger partial charge in [0.2, 0.25) is 0 Å². The lowest BCUT2D eigenvalue weighted by Crippen LogP contribution is -2.30. The summed E-state index contributed by atoms with van der Waals surface area (Å²) in [4.78, 5) is 15.0. The first kappa shape index (κ1) is 14.5. The van der Waals surface area contributed by atoms with Gasteiger partial charge in [-0.2, -0.15) is 0 Å². The minimum atomic E-state index is 0.122. The predicted molar refractivity (Wildman–Crippen MR) is 88.2 cm³/mol. The molecule has 2 aromatic heterocycles. The second kappa shape index (κ2) is 6.16. The fourth-order valence-corrected chi connectivity index (χ4v) is 4.14. The summed E-state index contributed by atoms with van der Waals surface area (Å²) in [7, 11) is 2.00. The number of hydrogen-bond donors (Lipinski definition) is 1. The Balaban J connectivity index is 1.99. The summed E-state index contributed by atoms with van der Waals surface area (Å²) in [5, 5.41) is 3.37. The summed E-state index contributed by atoms with van der Waals surface area (Å²) >= 11 is 1.82. The van der Waals surface area contributed by atoms with Crippen LogP contribution in [0, 0.1) is 0 Å². The lowest BCUT2D eigenvalue weighted by atomic mass is 9.91. The average Bonchev–Trinajstić information content (AvgIpc) is 2.97. The molecule has 0 bridgehead atoms. The molecule has 0 aromatic carbocycles. The van der Waals surface area contributed by atoms with E-state index in [0.717, 1.165) is 25.7 Å². The average molecular weight is 302 g/mol. The van der Waals surface area contributed by atoms with Crippen molar-refractivity contribution in [3.05, 3.63) is 55.6 Å². The Kier molecular flexibility index (Phi) is 4.27. The summed E-state index contributed by atoms with van der Waals surface area (Å²) in [5.74, 6) is 0. The molecule has 0 aliphatic heterocycles. The van der Waals surface area contributed by atoms with Gasteiger partial charge in [0, 0.05) is 27.6 Å². The maximum Gasteiger partial charge on any atom is 0.251 e. The van der Waals surface area contributed by atoms with Gasteiger partial charge in [-0.05, 0) is 50.4 Å². The molecule has 2 heterocycles. The Hall–Kier alpha value is -1.39. The number of hydrogen-bond acceptors (Lipinski definition) is 3. The van der Waals surface area contributed by atoms with Crippen LogP contribution >= 0.6 is 11.3 Å². The van der Waals surface area contributed by atoms with Crippen LogP contribution in [0.2, 0.25) is 0 Å². The van der Waals surface area contributed by atoms with Crippen LogP contribution in [0.3, 0.4) is 0 Å². The van der Waals surface area contributed by atoms with Gasteiger partial charge in [-0.25, -0.2) is 0 Å². The minimum absolute atomic E-state index is 0.122. The van der Waals surface area contributed by atoms with Crippen LogP contribution in [0.4, 0.5) is 0 Å². The summed E-state index contributed by atoms with van der Waals surface area (Å²) in [6.07, 6.45) is 4.37. The molecule has 1 N–H and O–H groups in total. The van der Waals surface area contributed by atoms with E-state index < -0.39 is 0 Å². The number of rotatable bonds is 4. The quantitative estimate of drug-likeness (QED) is 0.941. The molecule has 0 spiro atoms. The minimum Gasteiger partial charge on any atom is -0.313 e. The van der Waals surface area contributed by atoms with Crippen LogP contribution in [-0.2, 0) is 19.4 Å². The molecule has 0 saturated carbocycles. The maximum absolute atomic E-state index is 12.3. The number of aryl methyl sites for hydroxylation is 1. The van der Waals surface area contributed by atoms with Crippen molar-refractivity contribution < 1.29 is 0 Å². The highest BCUT2D eigenvalue weighted by Crippen LogP contribution is 2.29. The number of thiophene rings is 1. The third-order valence-electron chi connectivity index (χ3n) is 4.34. The first-order valence-corrected chi connectivity index (χ1v) is 8.52. The summed E-state index contributed by atoms with van der Waals surface area (Å²) in [6, 6.07) is 8.46. The summed E-state index contributed by atoms with van der Waals surface area (Å²) < 4.78 is 1.98. The van der Waals surface area contributed by atoms with E-state index in [1.165, 1.54) is 21.0 Å². The van der Waals surface area contributed by atoms with Crippen LogP contribution < -0.4 is 10.9 Å². The molecule has 21 heavy (non-hydrogen) atoms. The SMILES string of the molecule is CCc1ccc(Cn2c3c(ccc2=O)C(NC)CCC3)s1. The van der Waals surface area contributed by atoms with Gasteiger partial charge >= 0.3 is 0 Å². The van der Waals surface area contributed by atoms with E-state index in [-0.39, 0.29) is 5.56 Å². The summed E-state index contributed by atoms with van der Waals surface area (Å²) in [5.41, 5.74) is 2.65. The highest BCUT2D eigenvalue weighted by Gasteiger charge is 2.22. The van der Waals surface area contributed by atoms with Crippen LogP contribution in [0.25, 0.3) is 0 Å². The topological polar surface area (TPSA) is 34.0 Å². The number of pyridine rings is 1. The van der Waals surface area contributed by atoms with Crippen molar-refractivity contribution in [2.45, 2.75) is 45.2 Å². The Morgan fingerprint density at radius 3 is 2.81 bits per heavy atom. The first-order valence-electron chi connectivity index (χ1n) is 7.70. The number of nitrogens with one attached hydrogen (secondary N) is 1. The van der Waals surface area contributed by atoms with E-state index in [1.54, 1.807) is 6.07 Å². The van der Waals surface area contributed by atoms with Gasteiger partial charge in [0.1, 0.15) is 0 Å². The zero-order chi connectivity index (χ0) is 14.8. The number of nitrogens with zero attached hydrogens (tertiary/aromatic N) is 1. The molecule has 0 saturated heterocycles. The zero-order valence-corrected chi connectivity index (χ0v) is 13.5. The predicted octanol–water partition coefficient (Wildman–Crippen LogP) is 3.12. The van der Waals surface area contributed by atoms with Crippen LogP contribution in [-0.4, -0.2) is 11.6 Å². The summed E-state index contributed by atoms with van der Waals surface area (Å²) in [6.45, 7) is 2.88. The van der Waals surface area contributed by atoms with Gasteiger partial charge in [0.25, 0.3) is 5.56 Å². The Morgan fingerprint density at radius 1 is 1.29 bits per heavy atom. The molecule has 3 nitrogen and oxygen atoms in total. The van der Waals surface area contributed by atoms with Crippen LogP contribution in [0.5, 0.6) is 0 Å². The molecule has 1 unspecified atom stereocenters. The van der Waals surface area contributed by atoms with Crippen LogP contribution in [0.1, 0.15) is 46.8 Å². The van der Waals surface area contributed by atoms with Crippen LogP contribution in [0.15, 0.2) is 29.1 Å². The fourth-order valence-electron chi connectivity index (χ4n) is 3.19. The van der Waals surface area contributed by atoms with E-state index >= 15 is 0 Å². The van der Waals surface area contributed by atoms with E-state index in [0.29, 0.717) is 12.6 Å². The molecule has 1 aliphatic carbocycles. The zero-order valence-electron chi connectivity index (χ0n) is 12.7. The Bertz CT molecular complexity index is 686. The van der Waals surface area contributed by atoms with Crippen molar-refractivity contribution in [2.75, 3.05) is 7.05 Å². The van der Waals surface area contributed by atoms with Gasteiger partial charge in [-0.1, -0.05) is 13.0 Å². The molecular formula is C17H22N2OS. The molecule has 0 radical (unpaired) electrons. The molecule has 112 valence electrons. The number of fused-ring (bicyclic) bond motifs is 1. The van der Waals surface area contributed by atoms with Gasteiger partial charge in [0.05, 0.1) is 6.54 Å². The van der Waals surface area contributed by atoms with Gasteiger partial charge < -0.3 is 9.88 Å². The molecule has 2 aromatic rings. The molecule has 3 rings (SSSR count). The van der Waals surface area contributed by atoms with Crippen molar-refractivity contribution in [1.29, 1.82) is 0 Å². The third kappa shape index (κ3) is 2.83. The molecule has 0 fully saturated rings. The first-order chi connectivity index (χ1) is 10.2. The molecule has 1 aliphatic rings. The monoisotopic (exact) mass is 302 g/mol. The largest absolute Gasteiger partial charge is 0.313 e. The second-order valence-corrected chi connectivity index (χ2v) is 6.87. The molecule has 1 atom stereocenters. The van der Waals surface area contributed by atoms with Gasteiger partial charge in [-0.3, -0.25) is 4.79 Å². The van der Waals surface area contributed by atoms with Gasteiger partial charge in [0.15, 0.2) is 0 Å². The maximum atomic E-state index is 12.3. The highest BCUT2D eigenvalue weighted by molar-refractivity contribution is 7.11.